The van der Waals surface area contributed by atoms with Crippen LogP contribution in [0.1, 0.15) is 12.8 Å². The number of rotatable bonds is 9. The monoisotopic (exact) mass is 447 g/mol. The van der Waals surface area contributed by atoms with Gasteiger partial charge in [0.25, 0.3) is 5.69 Å². The first-order valence-corrected chi connectivity index (χ1v) is 10.1. The molecule has 25 heavy (non-hydrogen) atoms. The van der Waals surface area contributed by atoms with E-state index in [1.807, 2.05) is 0 Å². The lowest BCUT2D eigenvalue weighted by atomic mass is 10.3. The summed E-state index contributed by atoms with van der Waals surface area (Å²) in [5.41, 5.74) is 0.372. The van der Waals surface area contributed by atoms with Crippen LogP contribution < -0.4 is 15.2 Å². The molecule has 0 fully saturated rings. The summed E-state index contributed by atoms with van der Waals surface area (Å²) in [6.45, 7) is 1.13. The summed E-state index contributed by atoms with van der Waals surface area (Å²) in [7, 11) is -1.19. The Kier molecular flexibility index (Phi) is 7.73. The average Bonchev–Trinajstić information content (AvgIpc) is 2.60. The number of ether oxygens (including phenoxy) is 1. The molecule has 0 saturated carbocycles. The second kappa shape index (κ2) is 9.79. The van der Waals surface area contributed by atoms with E-state index in [1.165, 1.54) is 0 Å². The molecule has 0 saturated heterocycles. The summed E-state index contributed by atoms with van der Waals surface area (Å²) >= 11 is 9.10. The molecule has 2 rings (SSSR count). The maximum atomic E-state index is 11.7. The molecular weight excluding hydrogens is 432 g/mol. The first-order chi connectivity index (χ1) is 12.0. The van der Waals surface area contributed by atoms with Crippen LogP contribution in [0.3, 0.4) is 0 Å². The number of hydrogen-bond donors (Lipinski definition) is 2. The van der Waals surface area contributed by atoms with Crippen molar-refractivity contribution in [1.82, 2.24) is 9.97 Å². The Morgan fingerprint density at radius 3 is 2.92 bits per heavy atom. The average molecular weight is 449 g/mol. The molecule has 0 radical (unpaired) electrons. The number of nitrogens with zero attached hydrogens (tertiary/aromatic N) is 2. The molecular formula is C15H17BrClN4O3S+. The number of aromatic nitrogens is 2. The van der Waals surface area contributed by atoms with Crippen LogP contribution in [0.25, 0.3) is 0 Å². The number of anilines is 1. The minimum absolute atomic E-state index is 0.181. The van der Waals surface area contributed by atoms with E-state index in [0.717, 1.165) is 17.3 Å². The number of nitrogens with one attached hydrogen (secondary N) is 2. The molecule has 0 spiro atoms. The SMILES string of the molecule is CS(=O)c1ccc([NH+]=O)cc1OCCCCNc1nc(Cl)ncc1Br. The molecule has 0 bridgehead atoms. The predicted molar refractivity (Wildman–Crippen MR) is 101 cm³/mol. The molecule has 0 amide bonds. The molecule has 0 aliphatic heterocycles. The molecule has 1 atom stereocenters. The molecule has 0 aliphatic carbocycles. The first kappa shape index (κ1) is 19.7. The normalized spacial score (nSPS) is 11.8. The molecule has 1 aromatic heterocycles. The third-order valence-electron chi connectivity index (χ3n) is 3.21. The van der Waals surface area contributed by atoms with Crippen molar-refractivity contribution >= 4 is 49.8 Å². The highest BCUT2D eigenvalue weighted by atomic mass is 79.9. The van der Waals surface area contributed by atoms with E-state index in [0.29, 0.717) is 35.3 Å². The third-order valence-corrected chi connectivity index (χ3v) is 4.93. The van der Waals surface area contributed by atoms with Gasteiger partial charge >= 0.3 is 0 Å². The van der Waals surface area contributed by atoms with Crippen LogP contribution in [-0.2, 0) is 10.8 Å². The van der Waals surface area contributed by atoms with Crippen LogP contribution in [0.4, 0.5) is 11.5 Å². The lowest BCUT2D eigenvalue weighted by molar-refractivity contribution is -0.379. The van der Waals surface area contributed by atoms with Gasteiger partial charge in [0.15, 0.2) is 0 Å². The van der Waals surface area contributed by atoms with Crippen LogP contribution in [0.15, 0.2) is 33.8 Å². The zero-order valence-electron chi connectivity index (χ0n) is 13.4. The summed E-state index contributed by atoms with van der Waals surface area (Å²) < 4.78 is 18.1. The smallest absolute Gasteiger partial charge is 0.257 e. The van der Waals surface area contributed by atoms with Crippen LogP contribution in [0.5, 0.6) is 5.75 Å². The van der Waals surface area contributed by atoms with E-state index in [2.05, 4.69) is 31.2 Å². The zero-order chi connectivity index (χ0) is 18.2. The summed E-state index contributed by atoms with van der Waals surface area (Å²) in [6, 6.07) is 4.76. The Hall–Kier alpha value is -1.58. The van der Waals surface area contributed by atoms with E-state index in [1.54, 1.807) is 35.8 Å². The lowest BCUT2D eigenvalue weighted by Crippen LogP contribution is -2.55. The fourth-order valence-corrected chi connectivity index (χ4v) is 3.13. The topological polar surface area (TPSA) is 95.2 Å². The number of halogens is 2. The van der Waals surface area contributed by atoms with E-state index < -0.39 is 10.8 Å². The predicted octanol–water partition coefficient (Wildman–Crippen LogP) is 2.38. The first-order valence-electron chi connectivity index (χ1n) is 7.41. The van der Waals surface area contributed by atoms with Gasteiger partial charge in [0.1, 0.15) is 11.6 Å². The highest BCUT2D eigenvalue weighted by Gasteiger charge is 2.11. The fraction of sp³-hybridized carbons (Fsp3) is 0.333. The maximum Gasteiger partial charge on any atom is 0.257 e. The van der Waals surface area contributed by atoms with Gasteiger partial charge in [-0.05, 0) is 46.4 Å². The fourth-order valence-electron chi connectivity index (χ4n) is 2.01. The Balaban J connectivity index is 1.80. The van der Waals surface area contributed by atoms with Gasteiger partial charge < -0.3 is 10.1 Å². The quantitative estimate of drug-likeness (QED) is 0.452. The minimum atomic E-state index is -1.19. The molecule has 2 N–H and O–H groups in total. The lowest BCUT2D eigenvalue weighted by Gasteiger charge is -2.10. The van der Waals surface area contributed by atoms with Crippen LogP contribution >= 0.6 is 27.5 Å². The molecule has 10 heteroatoms. The van der Waals surface area contributed by atoms with Crippen molar-refractivity contribution in [3.8, 4) is 5.75 Å². The van der Waals surface area contributed by atoms with E-state index in [4.69, 9.17) is 16.3 Å². The van der Waals surface area contributed by atoms with Gasteiger partial charge in [0.2, 0.25) is 5.28 Å². The Morgan fingerprint density at radius 1 is 1.40 bits per heavy atom. The van der Waals surface area contributed by atoms with Gasteiger partial charge in [-0.2, -0.15) is 4.98 Å². The molecule has 1 aromatic carbocycles. The van der Waals surface area contributed by atoms with Gasteiger partial charge in [0.05, 0.1) is 32.8 Å². The second-order valence-corrected chi connectivity index (χ2v) is 7.58. The third kappa shape index (κ3) is 6.02. The molecule has 0 aliphatic rings. The van der Waals surface area contributed by atoms with Crippen LogP contribution in [0.2, 0.25) is 5.28 Å². The highest BCUT2D eigenvalue weighted by molar-refractivity contribution is 9.10. The van der Waals surface area contributed by atoms with Crippen molar-refractivity contribution < 1.29 is 14.1 Å². The Morgan fingerprint density at radius 2 is 2.20 bits per heavy atom. The van der Waals surface area contributed by atoms with E-state index in [9.17, 15) is 9.12 Å². The summed E-state index contributed by atoms with van der Waals surface area (Å²) in [5.74, 6) is 1.10. The Bertz CT molecular complexity index is 778. The molecule has 134 valence electrons. The summed E-state index contributed by atoms with van der Waals surface area (Å²) in [5, 5.41) is 5.15. The molecule has 2 aromatic rings. The van der Waals surface area contributed by atoms with Crippen molar-refractivity contribution in [3.63, 3.8) is 0 Å². The van der Waals surface area contributed by atoms with E-state index >= 15 is 0 Å². The van der Waals surface area contributed by atoms with Crippen molar-refractivity contribution in [2.24, 2.45) is 0 Å². The van der Waals surface area contributed by atoms with Gasteiger partial charge in [-0.25, -0.2) is 4.98 Å². The van der Waals surface area contributed by atoms with Crippen molar-refractivity contribution in [3.05, 3.63) is 39.1 Å². The van der Waals surface area contributed by atoms with Gasteiger partial charge in [-0.15, -0.1) is 0 Å². The molecule has 1 heterocycles. The second-order valence-electron chi connectivity index (χ2n) is 5.04. The van der Waals surface area contributed by atoms with Gasteiger partial charge in [0, 0.05) is 35.1 Å². The maximum absolute atomic E-state index is 11.7. The largest absolute Gasteiger partial charge is 0.492 e. The standard InChI is InChI=1S/C15H16BrClN4O3S/c1-25(23)13-5-4-10(21-22)8-12(13)24-7-3-2-6-18-14-11(16)9-19-15(17)20-14/h4-5,8-9H,2-3,6-7H2,1H3,(H,18,19,20)/p+1. The minimum Gasteiger partial charge on any atom is -0.492 e. The molecule has 1 unspecified atom stereocenters. The number of unbranched alkanes of at least 4 members (excludes halogenated alkanes) is 1. The molecule has 7 nitrogen and oxygen atoms in total. The van der Waals surface area contributed by atoms with Crippen molar-refractivity contribution in [2.45, 2.75) is 17.7 Å². The van der Waals surface area contributed by atoms with Gasteiger partial charge in [-0.3, -0.25) is 4.21 Å². The van der Waals surface area contributed by atoms with E-state index in [-0.39, 0.29) is 5.28 Å². The summed E-state index contributed by atoms with van der Waals surface area (Å²) in [6.07, 6.45) is 4.76. The number of hydrogen-bond acceptors (Lipinski definition) is 6. The summed E-state index contributed by atoms with van der Waals surface area (Å²) in [4.78, 5) is 19.3. The number of nitroso groups, excluding NO2 is 1. The Labute approximate surface area is 161 Å². The van der Waals surface area contributed by atoms with Crippen molar-refractivity contribution in [2.75, 3.05) is 24.7 Å². The van der Waals surface area contributed by atoms with Crippen LogP contribution in [-0.4, -0.2) is 33.6 Å². The van der Waals surface area contributed by atoms with Crippen LogP contribution in [0, 0.1) is 4.91 Å². The number of benzene rings is 1. The van der Waals surface area contributed by atoms with Gasteiger partial charge in [-0.1, -0.05) is 0 Å². The zero-order valence-corrected chi connectivity index (χ0v) is 16.6. The highest BCUT2D eigenvalue weighted by Crippen LogP contribution is 2.24. The van der Waals surface area contributed by atoms with Crippen molar-refractivity contribution in [1.29, 1.82) is 0 Å².